The molecule has 1 unspecified atom stereocenters. The van der Waals surface area contributed by atoms with Gasteiger partial charge in [0.2, 0.25) is 5.79 Å². The van der Waals surface area contributed by atoms with Crippen LogP contribution in [0.3, 0.4) is 0 Å². The Morgan fingerprint density at radius 3 is 2.42 bits per heavy atom. The minimum Gasteiger partial charge on any atom is -0.380 e. The molecule has 4 aliphatic rings. The molecule has 0 saturated heterocycles. The summed E-state index contributed by atoms with van der Waals surface area (Å²) in [5, 5.41) is 31.9. The van der Waals surface area contributed by atoms with Gasteiger partial charge in [-0.1, -0.05) is 20.8 Å². The lowest BCUT2D eigenvalue weighted by atomic mass is 9.43. The number of rotatable bonds is 0. The molecule has 8 atom stereocenters. The van der Waals surface area contributed by atoms with E-state index >= 15 is 0 Å². The molecule has 4 saturated carbocycles. The summed E-state index contributed by atoms with van der Waals surface area (Å²) < 4.78 is 0. The van der Waals surface area contributed by atoms with E-state index in [9.17, 15) is 20.1 Å². The summed E-state index contributed by atoms with van der Waals surface area (Å²) in [5.41, 5.74) is -0.405. The summed E-state index contributed by atoms with van der Waals surface area (Å²) >= 11 is 0. The molecule has 0 radical (unpaired) electrons. The van der Waals surface area contributed by atoms with Crippen LogP contribution in [0.15, 0.2) is 0 Å². The Hall–Kier alpha value is -0.450. The van der Waals surface area contributed by atoms with E-state index in [0.717, 1.165) is 31.6 Å². The lowest BCUT2D eigenvalue weighted by Gasteiger charge is -2.63. The third kappa shape index (κ3) is 1.83. The first-order valence-corrected chi connectivity index (χ1v) is 9.79. The van der Waals surface area contributed by atoms with E-state index in [1.165, 1.54) is 12.8 Å². The summed E-state index contributed by atoms with van der Waals surface area (Å²) in [4.78, 5) is 12.1. The largest absolute Gasteiger partial charge is 0.380 e. The van der Waals surface area contributed by atoms with Crippen LogP contribution in [0, 0.1) is 40.4 Å². The second-order valence-corrected chi connectivity index (χ2v) is 9.76. The van der Waals surface area contributed by atoms with E-state index in [4.69, 9.17) is 0 Å². The highest BCUT2D eigenvalue weighted by Gasteiger charge is 2.68. The minimum absolute atomic E-state index is 0.0205. The van der Waals surface area contributed by atoms with Gasteiger partial charge in [-0.25, -0.2) is 0 Å². The molecule has 24 heavy (non-hydrogen) atoms. The van der Waals surface area contributed by atoms with E-state index in [1.807, 2.05) is 6.92 Å². The molecular formula is C20H32O4. The average molecular weight is 336 g/mol. The van der Waals surface area contributed by atoms with Crippen molar-refractivity contribution in [2.75, 3.05) is 0 Å². The monoisotopic (exact) mass is 336 g/mol. The van der Waals surface area contributed by atoms with Gasteiger partial charge in [0, 0.05) is 11.8 Å². The summed E-state index contributed by atoms with van der Waals surface area (Å²) in [6, 6.07) is 0. The highest BCUT2D eigenvalue weighted by molar-refractivity contribution is 5.85. The van der Waals surface area contributed by atoms with Gasteiger partial charge in [-0.3, -0.25) is 4.79 Å². The van der Waals surface area contributed by atoms with Crippen molar-refractivity contribution in [2.45, 2.75) is 77.6 Å². The molecule has 4 heteroatoms. The van der Waals surface area contributed by atoms with Crippen LogP contribution in [-0.4, -0.2) is 33.0 Å². The van der Waals surface area contributed by atoms with Crippen LogP contribution < -0.4 is 0 Å². The molecular weight excluding hydrogens is 304 g/mol. The number of aliphatic hydroxyl groups excluding tert-OH is 1. The normalized spacial score (nSPS) is 56.3. The quantitative estimate of drug-likeness (QED) is 0.594. The van der Waals surface area contributed by atoms with E-state index in [2.05, 4.69) is 13.8 Å². The Bertz CT molecular complexity index is 558. The molecule has 4 nitrogen and oxygen atoms in total. The molecule has 0 spiro atoms. The number of carbonyl (C=O) groups is 1. The van der Waals surface area contributed by atoms with Crippen molar-refractivity contribution in [3.8, 4) is 0 Å². The predicted octanol–water partition coefficient (Wildman–Crippen LogP) is 2.50. The highest BCUT2D eigenvalue weighted by Crippen LogP contribution is 2.68. The van der Waals surface area contributed by atoms with E-state index in [-0.39, 0.29) is 11.8 Å². The lowest BCUT2D eigenvalue weighted by molar-refractivity contribution is -0.335. The molecule has 136 valence electrons. The van der Waals surface area contributed by atoms with Crippen LogP contribution in [0.5, 0.6) is 0 Å². The molecule has 0 amide bonds. The van der Waals surface area contributed by atoms with Crippen LogP contribution in [0.2, 0.25) is 0 Å². The highest BCUT2D eigenvalue weighted by atomic mass is 16.5. The standard InChI is InChI=1S/C20H32O4/c1-11-4-7-14-13-6-5-12-10-16(21)17(22)20(23,24)19(12,3)15(13)8-9-18(11,14)2/h11-15,17,22-24H,4-10H2,1-3H3/t11-,12?,13-,14-,15-,17-,18+,19-/m0/s1. The van der Waals surface area contributed by atoms with Crippen molar-refractivity contribution >= 4 is 5.78 Å². The first-order valence-electron chi connectivity index (χ1n) is 9.79. The summed E-state index contributed by atoms with van der Waals surface area (Å²) in [6.45, 7) is 6.74. The molecule has 0 heterocycles. The van der Waals surface area contributed by atoms with Gasteiger partial charge < -0.3 is 15.3 Å². The van der Waals surface area contributed by atoms with E-state index in [1.54, 1.807) is 0 Å². The number of ketones is 1. The first-order chi connectivity index (χ1) is 11.1. The van der Waals surface area contributed by atoms with Gasteiger partial charge in [-0.15, -0.1) is 0 Å². The van der Waals surface area contributed by atoms with Crippen molar-refractivity contribution in [3.05, 3.63) is 0 Å². The number of aliphatic hydroxyl groups is 3. The van der Waals surface area contributed by atoms with Gasteiger partial charge in [0.25, 0.3) is 0 Å². The van der Waals surface area contributed by atoms with Crippen molar-refractivity contribution < 1.29 is 20.1 Å². The average Bonchev–Trinajstić information content (AvgIpc) is 2.83. The van der Waals surface area contributed by atoms with Gasteiger partial charge in [0.15, 0.2) is 11.9 Å². The zero-order valence-corrected chi connectivity index (χ0v) is 15.2. The SMILES string of the molecule is C[C@H]1CC[C@H]2[C@@H]3CCC4CC(=O)[C@H](O)C(O)(O)[C@]4(C)[C@H]3CC[C@]12C. The Labute approximate surface area is 144 Å². The van der Waals surface area contributed by atoms with Gasteiger partial charge in [0.05, 0.1) is 0 Å². The number of Topliss-reactive ketones (excluding diaryl/α,β-unsaturated/α-hetero) is 1. The fourth-order valence-electron chi connectivity index (χ4n) is 7.45. The predicted molar refractivity (Wildman–Crippen MR) is 89.8 cm³/mol. The third-order valence-electron chi connectivity index (χ3n) is 9.30. The topological polar surface area (TPSA) is 77.8 Å². The molecule has 0 aromatic heterocycles. The maximum atomic E-state index is 12.1. The minimum atomic E-state index is -2.30. The Balaban J connectivity index is 1.73. The smallest absolute Gasteiger partial charge is 0.202 e. The molecule has 0 bridgehead atoms. The summed E-state index contributed by atoms with van der Waals surface area (Å²) in [7, 11) is 0. The van der Waals surface area contributed by atoms with Crippen LogP contribution in [0.4, 0.5) is 0 Å². The zero-order valence-electron chi connectivity index (χ0n) is 15.2. The second kappa shape index (κ2) is 5.05. The molecule has 0 aromatic carbocycles. The Morgan fingerprint density at radius 2 is 1.71 bits per heavy atom. The number of hydrogen-bond acceptors (Lipinski definition) is 4. The van der Waals surface area contributed by atoms with Gasteiger partial charge in [0.1, 0.15) is 0 Å². The fraction of sp³-hybridized carbons (Fsp3) is 0.950. The van der Waals surface area contributed by atoms with Crippen molar-refractivity contribution in [2.24, 2.45) is 40.4 Å². The third-order valence-corrected chi connectivity index (χ3v) is 9.30. The van der Waals surface area contributed by atoms with Crippen LogP contribution >= 0.6 is 0 Å². The summed E-state index contributed by atoms with van der Waals surface area (Å²) in [5.74, 6) is -0.653. The number of carbonyl (C=O) groups excluding carboxylic acids is 1. The molecule has 0 aromatic rings. The van der Waals surface area contributed by atoms with Crippen LogP contribution in [-0.2, 0) is 4.79 Å². The van der Waals surface area contributed by atoms with Gasteiger partial charge in [-0.2, -0.15) is 0 Å². The van der Waals surface area contributed by atoms with Crippen molar-refractivity contribution in [3.63, 3.8) is 0 Å². The second-order valence-electron chi connectivity index (χ2n) is 9.76. The molecule has 4 rings (SSSR count). The van der Waals surface area contributed by atoms with Gasteiger partial charge >= 0.3 is 0 Å². The molecule has 4 fully saturated rings. The Kier molecular flexibility index (Phi) is 3.57. The van der Waals surface area contributed by atoms with E-state index < -0.39 is 23.1 Å². The molecule has 4 aliphatic carbocycles. The number of hydrogen-bond donors (Lipinski definition) is 3. The first kappa shape index (κ1) is 17.0. The van der Waals surface area contributed by atoms with Crippen LogP contribution in [0.25, 0.3) is 0 Å². The molecule has 0 aliphatic heterocycles. The molecule has 3 N–H and O–H groups in total. The zero-order chi connectivity index (χ0) is 17.5. The van der Waals surface area contributed by atoms with E-state index in [0.29, 0.717) is 23.7 Å². The Morgan fingerprint density at radius 1 is 1.00 bits per heavy atom. The lowest BCUT2D eigenvalue weighted by Crippen LogP contribution is -2.70. The number of fused-ring (bicyclic) bond motifs is 5. The summed E-state index contributed by atoms with van der Waals surface area (Å²) in [6.07, 6.45) is 5.23. The van der Waals surface area contributed by atoms with Crippen LogP contribution in [0.1, 0.15) is 65.7 Å². The van der Waals surface area contributed by atoms with Crippen molar-refractivity contribution in [1.29, 1.82) is 0 Å². The van der Waals surface area contributed by atoms with Crippen molar-refractivity contribution in [1.82, 2.24) is 0 Å². The fourth-order valence-corrected chi connectivity index (χ4v) is 7.45. The van der Waals surface area contributed by atoms with Gasteiger partial charge in [-0.05, 0) is 73.5 Å². The maximum Gasteiger partial charge on any atom is 0.202 e. The maximum absolute atomic E-state index is 12.1.